The number of nitrogens with one attached hydrogen (secondary N) is 2. The van der Waals surface area contributed by atoms with Crippen LogP contribution in [0.3, 0.4) is 0 Å². The fraction of sp³-hybridized carbons (Fsp3) is 0.429. The highest BCUT2D eigenvalue weighted by Crippen LogP contribution is 2.38. The summed E-state index contributed by atoms with van der Waals surface area (Å²) in [5.74, 6) is 1.86. The van der Waals surface area contributed by atoms with Crippen molar-refractivity contribution in [2.24, 2.45) is 0 Å². The molecule has 0 spiro atoms. The Hall–Kier alpha value is -3.57. The van der Waals surface area contributed by atoms with Crippen molar-refractivity contribution in [1.29, 1.82) is 0 Å². The fourth-order valence-electron chi connectivity index (χ4n) is 4.57. The van der Waals surface area contributed by atoms with Gasteiger partial charge in [-0.1, -0.05) is 0 Å². The molecule has 0 unspecified atom stereocenters. The lowest BCUT2D eigenvalue weighted by atomic mass is 9.93. The van der Waals surface area contributed by atoms with Crippen LogP contribution >= 0.6 is 11.8 Å². The quantitative estimate of drug-likeness (QED) is 0.367. The normalized spacial score (nSPS) is 17.4. The molecule has 3 aromatic rings. The van der Waals surface area contributed by atoms with E-state index in [9.17, 15) is 9.90 Å². The van der Waals surface area contributed by atoms with Gasteiger partial charge in [-0.2, -0.15) is 0 Å². The molecule has 0 aliphatic carbocycles. The average molecular weight is 551 g/mol. The van der Waals surface area contributed by atoms with Crippen molar-refractivity contribution in [2.45, 2.75) is 56.8 Å². The van der Waals surface area contributed by atoms with Crippen LogP contribution in [0.2, 0.25) is 0 Å². The van der Waals surface area contributed by atoms with Gasteiger partial charge in [-0.3, -0.25) is 4.79 Å². The van der Waals surface area contributed by atoms with Crippen molar-refractivity contribution in [1.82, 2.24) is 15.0 Å². The minimum Gasteiger partial charge on any atom is -0.479 e. The lowest BCUT2D eigenvalue weighted by Crippen LogP contribution is -2.42. The lowest BCUT2D eigenvalue weighted by Gasteiger charge is -2.37. The van der Waals surface area contributed by atoms with Crippen molar-refractivity contribution in [2.75, 3.05) is 41.5 Å². The highest BCUT2D eigenvalue weighted by Gasteiger charge is 2.30. The number of carbonyl (C=O) groups is 1. The highest BCUT2D eigenvalue weighted by molar-refractivity contribution is 7.98. The number of piperidine rings is 1. The highest BCUT2D eigenvalue weighted by atomic mass is 32.2. The number of pyridine rings is 3. The Morgan fingerprint density at radius 2 is 1.87 bits per heavy atom. The summed E-state index contributed by atoms with van der Waals surface area (Å²) < 4.78 is 11.9. The van der Waals surface area contributed by atoms with Gasteiger partial charge < -0.3 is 30.1 Å². The molecule has 1 saturated heterocycles. The summed E-state index contributed by atoms with van der Waals surface area (Å²) in [7, 11) is 0. The minimum absolute atomic E-state index is 0.216. The number of aliphatic hydroxyl groups is 1. The summed E-state index contributed by atoms with van der Waals surface area (Å²) in [5.41, 5.74) is 2.00. The number of hydrogen-bond donors (Lipinski definition) is 3. The van der Waals surface area contributed by atoms with Gasteiger partial charge in [-0.25, -0.2) is 15.0 Å². The molecule has 1 fully saturated rings. The lowest BCUT2D eigenvalue weighted by molar-refractivity contribution is -0.114. The molecule has 0 aromatic carbocycles. The van der Waals surface area contributed by atoms with Crippen LogP contribution in [-0.2, 0) is 4.79 Å². The number of anilines is 4. The second-order valence-electron chi connectivity index (χ2n) is 10.8. The monoisotopic (exact) mass is 550 g/mol. The van der Waals surface area contributed by atoms with Gasteiger partial charge >= 0.3 is 0 Å². The number of thioether (sulfide) groups is 1. The standard InChI is InChI=1S/C28H34N6O4S/c1-17(35)30-23-14-21(19(15-29-23)20-6-7-22-26(32-20)37-16-27(2,3)38-22)31-24-12-18(13-25(33-24)39-5)34-10-8-28(4,36)9-11-34/h6-7,12-15,36H,8-11,16H2,1-5H3,(H2,29,30,31,33,35). The number of amides is 1. The predicted molar refractivity (Wildman–Crippen MR) is 153 cm³/mol. The largest absolute Gasteiger partial charge is 0.479 e. The molecule has 39 heavy (non-hydrogen) atoms. The average Bonchev–Trinajstić information content (AvgIpc) is 2.87. The molecule has 5 heterocycles. The summed E-state index contributed by atoms with van der Waals surface area (Å²) in [5, 5.41) is 17.5. The zero-order valence-corrected chi connectivity index (χ0v) is 23.7. The van der Waals surface area contributed by atoms with E-state index in [1.807, 2.05) is 45.2 Å². The van der Waals surface area contributed by atoms with Gasteiger partial charge in [0.25, 0.3) is 5.88 Å². The van der Waals surface area contributed by atoms with E-state index in [1.54, 1.807) is 24.0 Å². The van der Waals surface area contributed by atoms with Crippen LogP contribution in [0.25, 0.3) is 11.3 Å². The number of fused-ring (bicyclic) bond motifs is 1. The van der Waals surface area contributed by atoms with E-state index in [2.05, 4.69) is 26.6 Å². The molecular formula is C28H34N6O4S. The molecule has 11 heteroatoms. The van der Waals surface area contributed by atoms with Crippen molar-refractivity contribution < 1.29 is 19.4 Å². The number of aromatic nitrogens is 3. The smallest absolute Gasteiger partial charge is 0.257 e. The topological polar surface area (TPSA) is 122 Å². The maximum absolute atomic E-state index is 11.7. The Labute approximate surface area is 232 Å². The van der Waals surface area contributed by atoms with Crippen molar-refractivity contribution in [3.8, 4) is 22.9 Å². The number of carbonyl (C=O) groups excluding carboxylic acids is 1. The van der Waals surface area contributed by atoms with E-state index in [-0.39, 0.29) is 5.91 Å². The molecule has 0 bridgehead atoms. The summed E-state index contributed by atoms with van der Waals surface area (Å²) >= 11 is 1.56. The summed E-state index contributed by atoms with van der Waals surface area (Å²) in [6.07, 6.45) is 5.06. The van der Waals surface area contributed by atoms with Crippen molar-refractivity contribution >= 4 is 40.7 Å². The molecule has 2 aliphatic rings. The van der Waals surface area contributed by atoms with E-state index < -0.39 is 11.2 Å². The van der Waals surface area contributed by atoms with E-state index in [1.165, 1.54) is 6.92 Å². The molecule has 0 radical (unpaired) electrons. The Morgan fingerprint density at radius 3 is 2.59 bits per heavy atom. The summed E-state index contributed by atoms with van der Waals surface area (Å²) in [4.78, 5) is 27.9. The van der Waals surface area contributed by atoms with E-state index >= 15 is 0 Å². The number of nitrogens with zero attached hydrogens (tertiary/aromatic N) is 4. The van der Waals surface area contributed by atoms with Crippen LogP contribution in [0, 0.1) is 0 Å². The molecule has 10 nitrogen and oxygen atoms in total. The van der Waals surface area contributed by atoms with Crippen molar-refractivity contribution in [3.63, 3.8) is 0 Å². The first kappa shape index (κ1) is 27.0. The zero-order chi connectivity index (χ0) is 27.8. The number of ether oxygens (including phenoxy) is 2. The Bertz CT molecular complexity index is 1390. The SMILES string of the molecule is CSc1cc(N2CCC(C)(O)CC2)cc(Nc2cc(NC(C)=O)ncc2-c2ccc3c(n2)OCC(C)(C)O3)n1. The van der Waals surface area contributed by atoms with Crippen molar-refractivity contribution in [3.05, 3.63) is 36.5 Å². The van der Waals surface area contributed by atoms with Gasteiger partial charge in [0.15, 0.2) is 5.75 Å². The maximum Gasteiger partial charge on any atom is 0.257 e. The number of hydrogen-bond acceptors (Lipinski definition) is 10. The van der Waals surface area contributed by atoms with E-state index in [4.69, 9.17) is 19.4 Å². The molecule has 206 valence electrons. The van der Waals surface area contributed by atoms with Crippen LogP contribution < -0.4 is 25.0 Å². The van der Waals surface area contributed by atoms with Crippen LogP contribution in [0.4, 0.5) is 23.0 Å². The molecular weight excluding hydrogens is 516 g/mol. The predicted octanol–water partition coefficient (Wildman–Crippen LogP) is 4.86. The first-order valence-corrected chi connectivity index (χ1v) is 14.1. The summed E-state index contributed by atoms with van der Waals surface area (Å²) in [6, 6.07) is 9.54. The van der Waals surface area contributed by atoms with Crippen LogP contribution in [-0.4, -0.2) is 63.1 Å². The third-order valence-corrected chi connectivity index (χ3v) is 7.34. The third kappa shape index (κ3) is 6.36. The first-order valence-electron chi connectivity index (χ1n) is 12.9. The van der Waals surface area contributed by atoms with Gasteiger partial charge in [-0.15, -0.1) is 11.8 Å². The fourth-order valence-corrected chi connectivity index (χ4v) is 5.00. The Kier molecular flexibility index (Phi) is 7.30. The van der Waals surface area contributed by atoms with Gasteiger partial charge in [0.1, 0.15) is 28.9 Å². The maximum atomic E-state index is 11.7. The minimum atomic E-state index is -0.634. The van der Waals surface area contributed by atoms with Gasteiger partial charge in [0, 0.05) is 49.6 Å². The molecule has 1 amide bonds. The Morgan fingerprint density at radius 1 is 1.10 bits per heavy atom. The molecule has 3 aromatic heterocycles. The van der Waals surface area contributed by atoms with Gasteiger partial charge in [0.2, 0.25) is 5.91 Å². The first-order chi connectivity index (χ1) is 18.5. The second kappa shape index (κ2) is 10.5. The third-order valence-electron chi connectivity index (χ3n) is 6.72. The summed E-state index contributed by atoms with van der Waals surface area (Å²) in [6.45, 7) is 9.17. The molecule has 0 atom stereocenters. The van der Waals surface area contributed by atoms with Crippen LogP contribution in [0.1, 0.15) is 40.5 Å². The molecule has 5 rings (SSSR count). The van der Waals surface area contributed by atoms with Gasteiger partial charge in [-0.05, 0) is 58.1 Å². The molecule has 2 aliphatic heterocycles. The second-order valence-corrected chi connectivity index (χ2v) is 11.6. The van der Waals surface area contributed by atoms with Crippen LogP contribution in [0.15, 0.2) is 41.6 Å². The molecule has 3 N–H and O–H groups in total. The van der Waals surface area contributed by atoms with E-state index in [0.29, 0.717) is 59.7 Å². The molecule has 0 saturated carbocycles. The zero-order valence-electron chi connectivity index (χ0n) is 22.9. The van der Waals surface area contributed by atoms with E-state index in [0.717, 1.165) is 23.8 Å². The Balaban J connectivity index is 1.50. The van der Waals surface area contributed by atoms with Gasteiger partial charge in [0.05, 0.1) is 17.0 Å². The van der Waals surface area contributed by atoms with Crippen LogP contribution in [0.5, 0.6) is 11.6 Å². The number of rotatable bonds is 6.